The van der Waals surface area contributed by atoms with Gasteiger partial charge in [0.25, 0.3) is 0 Å². The van der Waals surface area contributed by atoms with E-state index in [1.54, 1.807) is 17.4 Å². The van der Waals surface area contributed by atoms with Crippen molar-refractivity contribution in [2.75, 3.05) is 13.1 Å². The summed E-state index contributed by atoms with van der Waals surface area (Å²) in [5.74, 6) is -0.194. The van der Waals surface area contributed by atoms with E-state index in [4.69, 9.17) is 11.6 Å². The number of amides is 1. The largest absolute Gasteiger partial charge is 0.351 e. The third kappa shape index (κ3) is 4.20. The molecule has 1 amide bonds. The van der Waals surface area contributed by atoms with Crippen molar-refractivity contribution in [2.24, 2.45) is 5.92 Å². The van der Waals surface area contributed by atoms with Gasteiger partial charge in [-0.15, -0.1) is 11.3 Å². The van der Waals surface area contributed by atoms with Gasteiger partial charge in [0.1, 0.15) is 10.0 Å². The number of hydrogen-bond donors (Lipinski definition) is 1. The standard InChI is InChI=1S/C16H18ClN3O3S2/c17-15-14(4-1-7-18-15)25(22,23)20-8-5-12(6-9-20)16(21)19-11-13-3-2-10-24-13/h1-4,7,10,12H,5-6,8-9,11H2,(H,19,21). The first-order valence-corrected chi connectivity index (χ1v) is 10.6. The fraction of sp³-hybridized carbons (Fsp3) is 0.375. The van der Waals surface area contributed by atoms with Gasteiger partial charge in [-0.3, -0.25) is 4.79 Å². The number of halogens is 1. The van der Waals surface area contributed by atoms with E-state index in [-0.39, 0.29) is 21.9 Å². The van der Waals surface area contributed by atoms with Crippen LogP contribution in [0.5, 0.6) is 0 Å². The maximum Gasteiger partial charge on any atom is 0.246 e. The van der Waals surface area contributed by atoms with Gasteiger partial charge in [-0.1, -0.05) is 17.7 Å². The molecular formula is C16H18ClN3O3S2. The fourth-order valence-electron chi connectivity index (χ4n) is 2.79. The first-order chi connectivity index (χ1) is 12.0. The zero-order chi connectivity index (χ0) is 17.9. The Hall–Kier alpha value is -1.48. The maximum absolute atomic E-state index is 12.7. The highest BCUT2D eigenvalue weighted by Gasteiger charge is 2.33. The highest BCUT2D eigenvalue weighted by molar-refractivity contribution is 7.89. The lowest BCUT2D eigenvalue weighted by Crippen LogP contribution is -2.42. The predicted octanol–water partition coefficient (Wildman–Crippen LogP) is 2.51. The molecule has 1 fully saturated rings. The van der Waals surface area contributed by atoms with Gasteiger partial charge in [0.05, 0.1) is 6.54 Å². The molecule has 1 aliphatic rings. The molecule has 3 heterocycles. The van der Waals surface area contributed by atoms with E-state index < -0.39 is 10.0 Å². The van der Waals surface area contributed by atoms with Gasteiger partial charge in [0.2, 0.25) is 15.9 Å². The van der Waals surface area contributed by atoms with Crippen molar-refractivity contribution in [2.45, 2.75) is 24.3 Å². The van der Waals surface area contributed by atoms with Crippen molar-refractivity contribution in [3.63, 3.8) is 0 Å². The Morgan fingerprint density at radius 2 is 2.08 bits per heavy atom. The van der Waals surface area contributed by atoms with Crippen molar-refractivity contribution < 1.29 is 13.2 Å². The van der Waals surface area contributed by atoms with E-state index >= 15 is 0 Å². The van der Waals surface area contributed by atoms with Crippen LogP contribution in [0.1, 0.15) is 17.7 Å². The number of piperidine rings is 1. The Morgan fingerprint density at radius 1 is 1.32 bits per heavy atom. The van der Waals surface area contributed by atoms with Crippen molar-refractivity contribution >= 4 is 38.9 Å². The minimum absolute atomic E-state index is 0.0114. The van der Waals surface area contributed by atoms with Crippen LogP contribution >= 0.6 is 22.9 Å². The molecule has 0 saturated carbocycles. The Labute approximate surface area is 155 Å². The molecule has 0 aromatic carbocycles. The van der Waals surface area contributed by atoms with Gasteiger partial charge >= 0.3 is 0 Å². The summed E-state index contributed by atoms with van der Waals surface area (Å²) in [6, 6.07) is 6.91. The normalized spacial score (nSPS) is 16.7. The maximum atomic E-state index is 12.7. The molecule has 0 radical (unpaired) electrons. The molecule has 0 unspecified atom stereocenters. The molecule has 2 aromatic heterocycles. The molecule has 0 bridgehead atoms. The van der Waals surface area contributed by atoms with Gasteiger partial charge < -0.3 is 5.32 Å². The summed E-state index contributed by atoms with van der Waals surface area (Å²) >= 11 is 7.51. The van der Waals surface area contributed by atoms with Crippen molar-refractivity contribution in [3.8, 4) is 0 Å². The average Bonchev–Trinajstić information content (AvgIpc) is 3.13. The first-order valence-electron chi connectivity index (χ1n) is 7.89. The minimum atomic E-state index is -3.68. The zero-order valence-electron chi connectivity index (χ0n) is 13.4. The van der Waals surface area contributed by atoms with Gasteiger partial charge in [0, 0.05) is 30.1 Å². The van der Waals surface area contributed by atoms with Crippen LogP contribution in [0.3, 0.4) is 0 Å². The van der Waals surface area contributed by atoms with Crippen molar-refractivity contribution in [1.29, 1.82) is 0 Å². The third-order valence-corrected chi connectivity index (χ3v) is 7.40. The fourth-order valence-corrected chi connectivity index (χ4v) is 5.34. The second kappa shape index (κ2) is 7.82. The molecule has 2 aromatic rings. The quantitative estimate of drug-likeness (QED) is 0.783. The van der Waals surface area contributed by atoms with Crippen molar-refractivity contribution in [1.82, 2.24) is 14.6 Å². The lowest BCUT2D eigenvalue weighted by Gasteiger charge is -2.30. The number of aromatic nitrogens is 1. The Bertz CT molecular complexity index is 832. The number of thiophene rings is 1. The SMILES string of the molecule is O=C(NCc1cccs1)C1CCN(S(=O)(=O)c2cccnc2Cl)CC1. The lowest BCUT2D eigenvalue weighted by atomic mass is 9.97. The van der Waals surface area contributed by atoms with E-state index in [0.717, 1.165) is 4.88 Å². The molecule has 6 nitrogen and oxygen atoms in total. The molecule has 25 heavy (non-hydrogen) atoms. The molecule has 134 valence electrons. The third-order valence-electron chi connectivity index (χ3n) is 4.18. The lowest BCUT2D eigenvalue weighted by molar-refractivity contribution is -0.126. The molecule has 9 heteroatoms. The summed E-state index contributed by atoms with van der Waals surface area (Å²) < 4.78 is 26.7. The van der Waals surface area contributed by atoms with E-state index in [2.05, 4.69) is 10.3 Å². The zero-order valence-corrected chi connectivity index (χ0v) is 15.8. The van der Waals surface area contributed by atoms with Crippen LogP contribution in [0.4, 0.5) is 0 Å². The number of carbonyl (C=O) groups is 1. The molecule has 1 aliphatic heterocycles. The van der Waals surface area contributed by atoms with Crippen molar-refractivity contribution in [3.05, 3.63) is 45.9 Å². The summed E-state index contributed by atoms with van der Waals surface area (Å²) in [5, 5.41) is 4.86. The highest BCUT2D eigenvalue weighted by Crippen LogP contribution is 2.27. The van der Waals surface area contributed by atoms with Crippen LogP contribution in [0.2, 0.25) is 5.15 Å². The predicted molar refractivity (Wildman–Crippen MR) is 96.9 cm³/mol. The molecule has 0 spiro atoms. The topological polar surface area (TPSA) is 79.4 Å². The van der Waals surface area contributed by atoms with Crippen LogP contribution in [-0.2, 0) is 21.4 Å². The summed E-state index contributed by atoms with van der Waals surface area (Å²) in [5.41, 5.74) is 0. The summed E-state index contributed by atoms with van der Waals surface area (Å²) in [6.07, 6.45) is 2.44. The minimum Gasteiger partial charge on any atom is -0.351 e. The molecule has 0 aliphatic carbocycles. The summed E-state index contributed by atoms with van der Waals surface area (Å²) in [7, 11) is -3.68. The van der Waals surface area contributed by atoms with Crippen LogP contribution in [0, 0.1) is 5.92 Å². The number of nitrogens with one attached hydrogen (secondary N) is 1. The molecule has 0 atom stereocenters. The molecule has 1 N–H and O–H groups in total. The van der Waals surface area contributed by atoms with Gasteiger partial charge in [-0.05, 0) is 36.4 Å². The first kappa shape index (κ1) is 18.3. The van der Waals surface area contributed by atoms with E-state index in [1.165, 1.54) is 16.6 Å². The smallest absolute Gasteiger partial charge is 0.246 e. The van der Waals surface area contributed by atoms with Crippen LogP contribution < -0.4 is 5.32 Å². The number of nitrogens with zero attached hydrogens (tertiary/aromatic N) is 2. The van der Waals surface area contributed by atoms with Crippen LogP contribution in [0.25, 0.3) is 0 Å². The number of pyridine rings is 1. The van der Waals surface area contributed by atoms with E-state index in [0.29, 0.717) is 32.5 Å². The van der Waals surface area contributed by atoms with Gasteiger partial charge in [-0.2, -0.15) is 4.31 Å². The Morgan fingerprint density at radius 3 is 2.72 bits per heavy atom. The second-order valence-corrected chi connectivity index (χ2v) is 9.06. The monoisotopic (exact) mass is 399 g/mol. The highest BCUT2D eigenvalue weighted by atomic mass is 35.5. The van der Waals surface area contributed by atoms with Gasteiger partial charge in [0.15, 0.2) is 0 Å². The molecular weight excluding hydrogens is 382 g/mol. The van der Waals surface area contributed by atoms with E-state index in [9.17, 15) is 13.2 Å². The van der Waals surface area contributed by atoms with E-state index in [1.807, 2.05) is 17.5 Å². The second-order valence-electron chi connectivity index (χ2n) is 5.77. The molecule has 3 rings (SSSR count). The number of sulfonamides is 1. The molecule has 1 saturated heterocycles. The number of carbonyl (C=O) groups excluding carboxylic acids is 1. The van der Waals surface area contributed by atoms with Crippen LogP contribution in [-0.4, -0.2) is 36.7 Å². The van der Waals surface area contributed by atoms with Gasteiger partial charge in [-0.25, -0.2) is 13.4 Å². The average molecular weight is 400 g/mol. The summed E-state index contributed by atoms with van der Waals surface area (Å²) in [6.45, 7) is 1.11. The number of hydrogen-bond acceptors (Lipinski definition) is 5. The van der Waals surface area contributed by atoms with Crippen LogP contribution in [0.15, 0.2) is 40.7 Å². The Balaban J connectivity index is 1.58. The summed E-state index contributed by atoms with van der Waals surface area (Å²) in [4.78, 5) is 17.2. The number of rotatable bonds is 5. The Kier molecular flexibility index (Phi) is 5.73.